The molecule has 4 rings (SSSR count). The molecule has 0 bridgehead atoms. The number of piperidine rings is 1. The molecule has 27 heavy (non-hydrogen) atoms. The lowest BCUT2D eigenvalue weighted by Gasteiger charge is -2.31. The van der Waals surface area contributed by atoms with Gasteiger partial charge in [-0.2, -0.15) is 0 Å². The summed E-state index contributed by atoms with van der Waals surface area (Å²) in [6, 6.07) is 1.61. The number of fused-ring (bicyclic) bond motifs is 1. The number of nitrogens with one attached hydrogen (secondary N) is 1. The molecule has 0 aromatic carbocycles. The van der Waals surface area contributed by atoms with Crippen molar-refractivity contribution in [1.29, 1.82) is 0 Å². The summed E-state index contributed by atoms with van der Waals surface area (Å²) >= 11 is 2.92. The van der Waals surface area contributed by atoms with Crippen molar-refractivity contribution in [2.75, 3.05) is 18.4 Å². The van der Waals surface area contributed by atoms with Gasteiger partial charge in [0.15, 0.2) is 10.1 Å². The highest BCUT2D eigenvalue weighted by Gasteiger charge is 2.26. The Labute approximate surface area is 164 Å². The van der Waals surface area contributed by atoms with Crippen molar-refractivity contribution in [2.24, 2.45) is 5.92 Å². The van der Waals surface area contributed by atoms with Crippen molar-refractivity contribution in [3.8, 4) is 0 Å². The molecule has 1 aliphatic rings. The highest BCUT2D eigenvalue weighted by Crippen LogP contribution is 2.22. The fraction of sp³-hybridized carbons (Fsp3) is 0.444. The lowest BCUT2D eigenvalue weighted by molar-refractivity contribution is -0.121. The molecule has 4 heterocycles. The minimum absolute atomic E-state index is 0.0198. The van der Waals surface area contributed by atoms with Crippen molar-refractivity contribution in [3.63, 3.8) is 0 Å². The first-order valence-corrected chi connectivity index (χ1v) is 10.7. The van der Waals surface area contributed by atoms with Gasteiger partial charge in [0.05, 0.1) is 17.3 Å². The molecule has 1 N–H and O–H groups in total. The summed E-state index contributed by atoms with van der Waals surface area (Å²) in [4.78, 5) is 36.8. The normalized spacial score (nSPS) is 18.1. The zero-order chi connectivity index (χ0) is 19.0. The number of rotatable bonds is 4. The largest absolute Gasteiger partial charge is 0.302 e. The zero-order valence-corrected chi connectivity index (χ0v) is 16.9. The predicted molar refractivity (Wildman–Crippen MR) is 108 cm³/mol. The van der Waals surface area contributed by atoms with Gasteiger partial charge in [-0.3, -0.25) is 18.9 Å². The molecule has 3 aromatic heterocycles. The third kappa shape index (κ3) is 3.95. The van der Waals surface area contributed by atoms with Crippen LogP contribution in [0.15, 0.2) is 21.6 Å². The van der Waals surface area contributed by atoms with Gasteiger partial charge in [0.1, 0.15) is 0 Å². The van der Waals surface area contributed by atoms with Gasteiger partial charge in [-0.15, -0.1) is 22.7 Å². The summed E-state index contributed by atoms with van der Waals surface area (Å²) in [5.74, 6) is -0.0526. The van der Waals surface area contributed by atoms with Gasteiger partial charge in [-0.25, -0.2) is 9.97 Å². The van der Waals surface area contributed by atoms with E-state index in [0.29, 0.717) is 18.2 Å². The molecule has 9 heteroatoms. The lowest BCUT2D eigenvalue weighted by Crippen LogP contribution is -2.40. The molecule has 1 saturated heterocycles. The summed E-state index contributed by atoms with van der Waals surface area (Å²) in [6.07, 6.45) is 1.82. The fourth-order valence-corrected chi connectivity index (χ4v) is 5.02. The second kappa shape index (κ2) is 7.49. The van der Waals surface area contributed by atoms with Crippen LogP contribution in [0, 0.1) is 19.8 Å². The number of carbonyl (C=O) groups is 1. The standard InChI is InChI=1S/C18H21N5O2S2/c1-11-9-26-17(19-11)21-16(25)13-4-3-5-22(7-13)8-14-6-15(24)23-12(2)10-27-18(23)20-14/h6,9-10,13H,3-5,7-8H2,1-2H3,(H,19,21,25)/t13-/m0/s1. The minimum atomic E-state index is -0.0724. The number of aryl methyl sites for hydroxylation is 2. The highest BCUT2D eigenvalue weighted by molar-refractivity contribution is 7.15. The molecule has 0 saturated carbocycles. The fourth-order valence-electron chi connectivity index (χ4n) is 3.44. The van der Waals surface area contributed by atoms with Crippen LogP contribution >= 0.6 is 22.7 Å². The van der Waals surface area contributed by atoms with Crippen LogP contribution in [-0.2, 0) is 11.3 Å². The third-order valence-electron chi connectivity index (χ3n) is 4.74. The van der Waals surface area contributed by atoms with Crippen LogP contribution in [0.2, 0.25) is 0 Å². The Morgan fingerprint density at radius 3 is 2.93 bits per heavy atom. The smallest absolute Gasteiger partial charge is 0.259 e. The molecule has 0 unspecified atom stereocenters. The number of anilines is 1. The van der Waals surface area contributed by atoms with Crippen LogP contribution in [0.1, 0.15) is 29.9 Å². The van der Waals surface area contributed by atoms with Crippen molar-refractivity contribution < 1.29 is 4.79 Å². The molecular formula is C18H21N5O2S2. The number of nitrogens with zero attached hydrogens (tertiary/aromatic N) is 4. The summed E-state index contributed by atoms with van der Waals surface area (Å²) in [5, 5.41) is 7.45. The Balaban J connectivity index is 1.44. The quantitative estimate of drug-likeness (QED) is 0.725. The zero-order valence-electron chi connectivity index (χ0n) is 15.3. The Kier molecular flexibility index (Phi) is 5.07. The van der Waals surface area contributed by atoms with Gasteiger partial charge in [0.25, 0.3) is 5.56 Å². The van der Waals surface area contributed by atoms with Crippen LogP contribution < -0.4 is 10.9 Å². The highest BCUT2D eigenvalue weighted by atomic mass is 32.1. The number of carbonyl (C=O) groups excluding carboxylic acids is 1. The molecule has 0 aliphatic carbocycles. The van der Waals surface area contributed by atoms with E-state index in [9.17, 15) is 9.59 Å². The molecule has 7 nitrogen and oxygen atoms in total. The number of likely N-dealkylation sites (tertiary alicyclic amines) is 1. The van der Waals surface area contributed by atoms with E-state index in [1.54, 1.807) is 10.5 Å². The van der Waals surface area contributed by atoms with Crippen molar-refractivity contribution in [3.05, 3.63) is 44.3 Å². The lowest BCUT2D eigenvalue weighted by atomic mass is 9.97. The first-order chi connectivity index (χ1) is 13.0. The van der Waals surface area contributed by atoms with Crippen LogP contribution in [-0.4, -0.2) is 38.3 Å². The Morgan fingerprint density at radius 1 is 1.30 bits per heavy atom. The molecule has 142 valence electrons. The SMILES string of the molecule is Cc1csc(NC(=O)[C@H]2CCCN(Cc3cc(=O)n4c(C)csc4n3)C2)n1. The Hall–Kier alpha value is -2.10. The van der Waals surface area contributed by atoms with Gasteiger partial charge < -0.3 is 5.32 Å². The predicted octanol–water partition coefficient (Wildman–Crippen LogP) is 2.68. The minimum Gasteiger partial charge on any atom is -0.302 e. The van der Waals surface area contributed by atoms with Crippen LogP contribution in [0.3, 0.4) is 0 Å². The summed E-state index contributed by atoms with van der Waals surface area (Å²) in [6.45, 7) is 5.98. The molecule has 0 radical (unpaired) electrons. The van der Waals surface area contributed by atoms with Crippen molar-refractivity contribution >= 4 is 38.7 Å². The van der Waals surface area contributed by atoms with Crippen molar-refractivity contribution in [1.82, 2.24) is 19.3 Å². The van der Waals surface area contributed by atoms with E-state index in [1.807, 2.05) is 24.6 Å². The maximum absolute atomic E-state index is 12.6. The summed E-state index contributed by atoms with van der Waals surface area (Å²) < 4.78 is 1.64. The van der Waals surface area contributed by atoms with Gasteiger partial charge in [-0.1, -0.05) is 0 Å². The van der Waals surface area contributed by atoms with Crippen LogP contribution in [0.25, 0.3) is 4.96 Å². The first kappa shape index (κ1) is 18.3. The van der Waals surface area contributed by atoms with Crippen LogP contribution in [0.4, 0.5) is 5.13 Å². The van der Waals surface area contributed by atoms with E-state index in [2.05, 4.69) is 20.2 Å². The van der Waals surface area contributed by atoms with Crippen LogP contribution in [0.5, 0.6) is 0 Å². The monoisotopic (exact) mass is 403 g/mol. The second-order valence-corrected chi connectivity index (χ2v) is 8.63. The number of thiazole rings is 2. The molecular weight excluding hydrogens is 382 g/mol. The molecule has 1 atom stereocenters. The van der Waals surface area contributed by atoms with E-state index in [0.717, 1.165) is 41.4 Å². The summed E-state index contributed by atoms with van der Waals surface area (Å²) in [7, 11) is 0. The molecule has 1 aliphatic heterocycles. The molecule has 3 aromatic rings. The second-order valence-electron chi connectivity index (χ2n) is 6.94. The molecule has 1 amide bonds. The average Bonchev–Trinajstić information content (AvgIpc) is 3.21. The third-order valence-corrected chi connectivity index (χ3v) is 6.56. The van der Waals surface area contributed by atoms with Gasteiger partial charge in [0, 0.05) is 35.6 Å². The Bertz CT molecular complexity index is 1040. The van der Waals surface area contributed by atoms with Gasteiger partial charge >= 0.3 is 0 Å². The topological polar surface area (TPSA) is 79.6 Å². The first-order valence-electron chi connectivity index (χ1n) is 8.92. The summed E-state index contributed by atoms with van der Waals surface area (Å²) in [5.41, 5.74) is 2.54. The van der Waals surface area contributed by atoms with E-state index < -0.39 is 0 Å². The number of amides is 1. The Morgan fingerprint density at radius 2 is 2.15 bits per heavy atom. The van der Waals surface area contributed by atoms with E-state index in [-0.39, 0.29) is 17.4 Å². The van der Waals surface area contributed by atoms with Gasteiger partial charge in [0.2, 0.25) is 5.91 Å². The molecule has 0 spiro atoms. The van der Waals surface area contributed by atoms with E-state index >= 15 is 0 Å². The van der Waals surface area contributed by atoms with E-state index in [1.165, 1.54) is 22.7 Å². The molecule has 1 fully saturated rings. The number of hydrogen-bond donors (Lipinski definition) is 1. The maximum Gasteiger partial charge on any atom is 0.259 e. The van der Waals surface area contributed by atoms with E-state index in [4.69, 9.17) is 0 Å². The number of hydrogen-bond acceptors (Lipinski definition) is 7. The van der Waals surface area contributed by atoms with Gasteiger partial charge in [-0.05, 0) is 33.2 Å². The average molecular weight is 404 g/mol. The maximum atomic E-state index is 12.6. The number of aromatic nitrogens is 3. The van der Waals surface area contributed by atoms with Crippen molar-refractivity contribution in [2.45, 2.75) is 33.2 Å².